The number of carbonyl (C=O) groups is 2. The van der Waals surface area contributed by atoms with Crippen LogP contribution in [-0.2, 0) is 6.42 Å². The quantitative estimate of drug-likeness (QED) is 0.571. The van der Waals surface area contributed by atoms with E-state index < -0.39 is 5.91 Å². The second kappa shape index (κ2) is 7.01. The topological polar surface area (TPSA) is 96.9 Å². The SMILES string of the molecule is O=C(NO)c1ccc(CCNC(=O)c2ccc3c(c2)OCO3)cc1. The van der Waals surface area contributed by atoms with Crippen molar-refractivity contribution in [2.45, 2.75) is 6.42 Å². The number of hydrogen-bond acceptors (Lipinski definition) is 5. The molecule has 0 saturated carbocycles. The predicted molar refractivity (Wildman–Crippen MR) is 84.3 cm³/mol. The standard InChI is InChI=1S/C17H16N2O5/c20-16(13-5-6-14-15(9-13)24-10-23-14)18-8-7-11-1-3-12(4-2-11)17(21)19-22/h1-6,9,22H,7-8,10H2,(H,18,20)(H,19,21). The van der Waals surface area contributed by atoms with Gasteiger partial charge in [0, 0.05) is 17.7 Å². The molecule has 7 nitrogen and oxygen atoms in total. The summed E-state index contributed by atoms with van der Waals surface area (Å²) in [5.41, 5.74) is 3.42. The van der Waals surface area contributed by atoms with E-state index in [4.69, 9.17) is 14.7 Å². The molecule has 2 aromatic rings. The zero-order valence-corrected chi connectivity index (χ0v) is 12.7. The highest BCUT2D eigenvalue weighted by Crippen LogP contribution is 2.32. The van der Waals surface area contributed by atoms with Crippen LogP contribution in [0.2, 0.25) is 0 Å². The van der Waals surface area contributed by atoms with E-state index in [1.807, 2.05) is 0 Å². The van der Waals surface area contributed by atoms with Crippen LogP contribution in [-0.4, -0.2) is 30.4 Å². The Bertz CT molecular complexity index is 758. The Kier molecular flexibility index (Phi) is 4.62. The largest absolute Gasteiger partial charge is 0.454 e. The number of hydroxylamine groups is 1. The smallest absolute Gasteiger partial charge is 0.274 e. The average molecular weight is 328 g/mol. The van der Waals surface area contributed by atoms with Gasteiger partial charge in [0.15, 0.2) is 11.5 Å². The summed E-state index contributed by atoms with van der Waals surface area (Å²) in [7, 11) is 0. The molecule has 0 spiro atoms. The molecule has 1 aliphatic rings. The summed E-state index contributed by atoms with van der Waals surface area (Å²) in [6.45, 7) is 0.628. The highest BCUT2D eigenvalue weighted by Gasteiger charge is 2.15. The van der Waals surface area contributed by atoms with Crippen LogP contribution in [0.4, 0.5) is 0 Å². The first-order valence-electron chi connectivity index (χ1n) is 7.38. The van der Waals surface area contributed by atoms with E-state index >= 15 is 0 Å². The molecule has 0 radical (unpaired) electrons. The van der Waals surface area contributed by atoms with Gasteiger partial charge in [-0.25, -0.2) is 5.48 Å². The van der Waals surface area contributed by atoms with E-state index in [2.05, 4.69) is 5.32 Å². The Morgan fingerprint density at radius 1 is 0.958 bits per heavy atom. The summed E-state index contributed by atoms with van der Waals surface area (Å²) in [6, 6.07) is 11.8. The number of fused-ring (bicyclic) bond motifs is 1. The predicted octanol–water partition coefficient (Wildman–Crippen LogP) is 1.51. The van der Waals surface area contributed by atoms with Gasteiger partial charge in [-0.05, 0) is 42.3 Å². The lowest BCUT2D eigenvalue weighted by Crippen LogP contribution is -2.25. The number of amides is 2. The zero-order valence-electron chi connectivity index (χ0n) is 12.7. The van der Waals surface area contributed by atoms with E-state index in [1.165, 1.54) is 0 Å². The summed E-state index contributed by atoms with van der Waals surface area (Å²) in [6.07, 6.45) is 0.622. The fourth-order valence-corrected chi connectivity index (χ4v) is 2.35. The number of hydrogen-bond donors (Lipinski definition) is 3. The number of rotatable bonds is 5. The number of ether oxygens (including phenoxy) is 2. The van der Waals surface area contributed by atoms with Crippen LogP contribution in [0.1, 0.15) is 26.3 Å². The van der Waals surface area contributed by atoms with Gasteiger partial charge >= 0.3 is 0 Å². The Balaban J connectivity index is 1.52. The minimum Gasteiger partial charge on any atom is -0.454 e. The summed E-state index contributed by atoms with van der Waals surface area (Å²) < 4.78 is 10.5. The molecule has 0 bridgehead atoms. The lowest BCUT2D eigenvalue weighted by molar-refractivity contribution is 0.0706. The summed E-state index contributed by atoms with van der Waals surface area (Å²) >= 11 is 0. The molecule has 0 aliphatic carbocycles. The van der Waals surface area contributed by atoms with Crippen LogP contribution in [0.3, 0.4) is 0 Å². The second-order valence-corrected chi connectivity index (χ2v) is 5.21. The van der Waals surface area contributed by atoms with Gasteiger partial charge in [0.1, 0.15) is 0 Å². The third-order valence-electron chi connectivity index (χ3n) is 3.65. The summed E-state index contributed by atoms with van der Waals surface area (Å²) in [5, 5.41) is 11.4. The van der Waals surface area contributed by atoms with Gasteiger partial charge in [-0.3, -0.25) is 14.8 Å². The molecule has 0 unspecified atom stereocenters. The maximum absolute atomic E-state index is 12.1. The Labute approximate surface area is 138 Å². The highest BCUT2D eigenvalue weighted by molar-refractivity contribution is 5.95. The molecule has 3 rings (SSSR count). The molecular weight excluding hydrogens is 312 g/mol. The third kappa shape index (κ3) is 3.47. The van der Waals surface area contributed by atoms with Gasteiger partial charge < -0.3 is 14.8 Å². The molecular formula is C17H16N2O5. The van der Waals surface area contributed by atoms with Crippen LogP contribution < -0.4 is 20.3 Å². The van der Waals surface area contributed by atoms with Crippen molar-refractivity contribution in [1.29, 1.82) is 0 Å². The van der Waals surface area contributed by atoms with Gasteiger partial charge in [0.2, 0.25) is 6.79 Å². The van der Waals surface area contributed by atoms with Crippen molar-refractivity contribution in [1.82, 2.24) is 10.8 Å². The molecule has 24 heavy (non-hydrogen) atoms. The van der Waals surface area contributed by atoms with Crippen LogP contribution in [0, 0.1) is 0 Å². The maximum Gasteiger partial charge on any atom is 0.274 e. The zero-order chi connectivity index (χ0) is 16.9. The molecule has 2 aromatic carbocycles. The third-order valence-corrected chi connectivity index (χ3v) is 3.65. The molecule has 124 valence electrons. The van der Waals surface area contributed by atoms with E-state index in [9.17, 15) is 9.59 Å². The summed E-state index contributed by atoms with van der Waals surface area (Å²) in [5.74, 6) is 0.459. The van der Waals surface area contributed by atoms with Gasteiger partial charge in [0.05, 0.1) is 0 Å². The molecule has 0 aromatic heterocycles. The Morgan fingerprint density at radius 2 is 1.67 bits per heavy atom. The second-order valence-electron chi connectivity index (χ2n) is 5.21. The minimum atomic E-state index is -0.558. The molecule has 2 amide bonds. The van der Waals surface area contributed by atoms with Crippen LogP contribution in [0.25, 0.3) is 0 Å². The molecule has 0 atom stereocenters. The van der Waals surface area contributed by atoms with Gasteiger partial charge in [-0.2, -0.15) is 0 Å². The van der Waals surface area contributed by atoms with Gasteiger partial charge in [-0.15, -0.1) is 0 Å². The normalized spacial score (nSPS) is 11.9. The van der Waals surface area contributed by atoms with Crippen molar-refractivity contribution >= 4 is 11.8 Å². The first-order chi connectivity index (χ1) is 11.7. The Hall–Kier alpha value is -3.06. The fourth-order valence-electron chi connectivity index (χ4n) is 2.35. The van der Waals surface area contributed by atoms with E-state index in [1.54, 1.807) is 47.9 Å². The van der Waals surface area contributed by atoms with Crippen molar-refractivity contribution < 1.29 is 24.3 Å². The molecule has 0 saturated heterocycles. The number of nitrogens with one attached hydrogen (secondary N) is 2. The van der Waals surface area contributed by atoms with Crippen molar-refractivity contribution in [3.8, 4) is 11.5 Å². The minimum absolute atomic E-state index is 0.171. The van der Waals surface area contributed by atoms with Gasteiger partial charge in [-0.1, -0.05) is 12.1 Å². The van der Waals surface area contributed by atoms with Gasteiger partial charge in [0.25, 0.3) is 11.8 Å². The highest BCUT2D eigenvalue weighted by atomic mass is 16.7. The molecule has 1 heterocycles. The molecule has 7 heteroatoms. The van der Waals surface area contributed by atoms with Crippen molar-refractivity contribution in [3.63, 3.8) is 0 Å². The first-order valence-corrected chi connectivity index (χ1v) is 7.38. The molecule has 0 fully saturated rings. The van der Waals surface area contributed by atoms with Crippen LogP contribution >= 0.6 is 0 Å². The van der Waals surface area contributed by atoms with Crippen LogP contribution in [0.15, 0.2) is 42.5 Å². The fraction of sp³-hybridized carbons (Fsp3) is 0.176. The van der Waals surface area contributed by atoms with Crippen molar-refractivity contribution in [2.75, 3.05) is 13.3 Å². The number of benzene rings is 2. The van der Waals surface area contributed by atoms with Crippen molar-refractivity contribution in [3.05, 3.63) is 59.2 Å². The lowest BCUT2D eigenvalue weighted by atomic mass is 10.1. The van der Waals surface area contributed by atoms with E-state index in [-0.39, 0.29) is 12.7 Å². The average Bonchev–Trinajstić information content (AvgIpc) is 3.09. The van der Waals surface area contributed by atoms with Crippen LogP contribution in [0.5, 0.6) is 11.5 Å². The Morgan fingerprint density at radius 3 is 2.42 bits per heavy atom. The molecule has 1 aliphatic heterocycles. The van der Waals surface area contributed by atoms with E-state index in [0.717, 1.165) is 5.56 Å². The van der Waals surface area contributed by atoms with Crippen molar-refractivity contribution in [2.24, 2.45) is 0 Å². The lowest BCUT2D eigenvalue weighted by Gasteiger charge is -2.07. The number of carbonyl (C=O) groups excluding carboxylic acids is 2. The first kappa shape index (κ1) is 15.8. The summed E-state index contributed by atoms with van der Waals surface area (Å²) in [4.78, 5) is 23.4. The molecule has 3 N–H and O–H groups in total. The monoisotopic (exact) mass is 328 g/mol. The maximum atomic E-state index is 12.1. The van der Waals surface area contributed by atoms with E-state index in [0.29, 0.717) is 35.6 Å².